The number of anilines is 1. The van der Waals surface area contributed by atoms with Gasteiger partial charge in [0, 0.05) is 12.3 Å². The third-order valence-electron chi connectivity index (χ3n) is 1.74. The minimum Gasteiger partial charge on any atom is -0.382 e. The van der Waals surface area contributed by atoms with Gasteiger partial charge in [0.2, 0.25) is 0 Å². The number of pyridine rings is 1. The molecule has 1 aliphatic rings. The molecule has 0 spiro atoms. The van der Waals surface area contributed by atoms with E-state index in [2.05, 4.69) is 10.3 Å². The van der Waals surface area contributed by atoms with Gasteiger partial charge in [0.25, 0.3) is 0 Å². The molecule has 0 saturated carbocycles. The van der Waals surface area contributed by atoms with Gasteiger partial charge >= 0.3 is 0 Å². The van der Waals surface area contributed by atoms with Gasteiger partial charge in [-0.3, -0.25) is 4.79 Å². The lowest BCUT2D eigenvalue weighted by atomic mass is 10.3. The molecule has 0 unspecified atom stereocenters. The van der Waals surface area contributed by atoms with E-state index < -0.39 is 0 Å². The SMILES string of the molecule is O=Cc1nc2c(cc1Cl)NCCS2. The van der Waals surface area contributed by atoms with Crippen molar-refractivity contribution in [2.75, 3.05) is 17.6 Å². The van der Waals surface area contributed by atoms with Gasteiger partial charge in [-0.2, -0.15) is 0 Å². The van der Waals surface area contributed by atoms with Crippen LogP contribution in [0.25, 0.3) is 0 Å². The van der Waals surface area contributed by atoms with Crippen LogP contribution in [0.2, 0.25) is 5.02 Å². The first kappa shape index (κ1) is 8.84. The van der Waals surface area contributed by atoms with Crippen molar-refractivity contribution in [2.24, 2.45) is 0 Å². The molecule has 0 bridgehead atoms. The third-order valence-corrected chi connectivity index (χ3v) is 3.03. The molecule has 68 valence electrons. The van der Waals surface area contributed by atoms with Gasteiger partial charge in [0.05, 0.1) is 10.7 Å². The number of aldehydes is 1. The van der Waals surface area contributed by atoms with Crippen LogP contribution < -0.4 is 5.32 Å². The zero-order chi connectivity index (χ0) is 9.26. The number of aromatic nitrogens is 1. The Hall–Kier alpha value is -0.740. The number of thioether (sulfide) groups is 1. The summed E-state index contributed by atoms with van der Waals surface area (Å²) in [4.78, 5) is 14.7. The van der Waals surface area contributed by atoms with Crippen molar-refractivity contribution in [3.8, 4) is 0 Å². The molecule has 5 heteroatoms. The van der Waals surface area contributed by atoms with E-state index in [0.717, 1.165) is 23.0 Å². The van der Waals surface area contributed by atoms with Crippen LogP contribution in [0.15, 0.2) is 11.1 Å². The molecule has 0 fully saturated rings. The van der Waals surface area contributed by atoms with E-state index >= 15 is 0 Å². The predicted octanol–water partition coefficient (Wildman–Crippen LogP) is 2.07. The maximum atomic E-state index is 10.5. The normalized spacial score (nSPS) is 14.5. The van der Waals surface area contributed by atoms with E-state index in [4.69, 9.17) is 11.6 Å². The number of halogens is 1. The van der Waals surface area contributed by atoms with Gasteiger partial charge in [-0.05, 0) is 6.07 Å². The highest BCUT2D eigenvalue weighted by molar-refractivity contribution is 7.99. The van der Waals surface area contributed by atoms with Gasteiger partial charge in [0.1, 0.15) is 10.7 Å². The van der Waals surface area contributed by atoms with E-state index in [-0.39, 0.29) is 0 Å². The maximum absolute atomic E-state index is 10.5. The van der Waals surface area contributed by atoms with Crippen molar-refractivity contribution in [1.82, 2.24) is 4.98 Å². The number of carbonyl (C=O) groups excluding carboxylic acids is 1. The second-order valence-electron chi connectivity index (χ2n) is 2.60. The van der Waals surface area contributed by atoms with Crippen molar-refractivity contribution in [2.45, 2.75) is 5.03 Å². The molecule has 1 aromatic rings. The van der Waals surface area contributed by atoms with E-state index in [1.54, 1.807) is 17.8 Å². The van der Waals surface area contributed by atoms with Crippen molar-refractivity contribution in [3.63, 3.8) is 0 Å². The monoisotopic (exact) mass is 214 g/mol. The Bertz CT molecular complexity index is 356. The molecule has 3 nitrogen and oxygen atoms in total. The van der Waals surface area contributed by atoms with Crippen LogP contribution in [-0.2, 0) is 0 Å². The summed E-state index contributed by atoms with van der Waals surface area (Å²) in [6.07, 6.45) is 0.678. The summed E-state index contributed by atoms with van der Waals surface area (Å²) in [5.41, 5.74) is 1.24. The molecule has 0 atom stereocenters. The number of rotatable bonds is 1. The molecule has 0 aliphatic carbocycles. The lowest BCUT2D eigenvalue weighted by Gasteiger charge is -2.16. The summed E-state index contributed by atoms with van der Waals surface area (Å²) in [5, 5.41) is 4.44. The van der Waals surface area contributed by atoms with Crippen molar-refractivity contribution in [1.29, 1.82) is 0 Å². The number of hydrogen-bond acceptors (Lipinski definition) is 4. The van der Waals surface area contributed by atoms with Crippen LogP contribution in [0.5, 0.6) is 0 Å². The number of hydrogen-bond donors (Lipinski definition) is 1. The first-order chi connectivity index (χ1) is 6.31. The minimum absolute atomic E-state index is 0.316. The van der Waals surface area contributed by atoms with Crippen LogP contribution in [0.1, 0.15) is 10.5 Å². The average molecular weight is 215 g/mol. The molecule has 1 aromatic heterocycles. The van der Waals surface area contributed by atoms with Crippen LogP contribution in [-0.4, -0.2) is 23.6 Å². The highest BCUT2D eigenvalue weighted by Gasteiger charge is 2.13. The average Bonchev–Trinajstić information content (AvgIpc) is 2.17. The van der Waals surface area contributed by atoms with Crippen molar-refractivity contribution in [3.05, 3.63) is 16.8 Å². The van der Waals surface area contributed by atoms with Gasteiger partial charge in [-0.25, -0.2) is 4.98 Å². The predicted molar refractivity (Wildman–Crippen MR) is 53.8 cm³/mol. The molecule has 2 heterocycles. The van der Waals surface area contributed by atoms with E-state index in [9.17, 15) is 4.79 Å². The van der Waals surface area contributed by atoms with Crippen LogP contribution in [0.4, 0.5) is 5.69 Å². The Morgan fingerprint density at radius 3 is 3.31 bits per heavy atom. The third kappa shape index (κ3) is 1.64. The minimum atomic E-state index is 0.316. The Balaban J connectivity index is 2.50. The molecule has 0 amide bonds. The van der Waals surface area contributed by atoms with Crippen molar-refractivity contribution >= 4 is 35.3 Å². The fraction of sp³-hybridized carbons (Fsp3) is 0.250. The van der Waals surface area contributed by atoms with E-state index in [0.29, 0.717) is 17.0 Å². The Morgan fingerprint density at radius 1 is 1.69 bits per heavy atom. The smallest absolute Gasteiger partial charge is 0.170 e. The summed E-state index contributed by atoms with van der Waals surface area (Å²) < 4.78 is 0. The van der Waals surface area contributed by atoms with Gasteiger partial charge in [-0.15, -0.1) is 11.8 Å². The summed E-state index contributed by atoms with van der Waals surface area (Å²) in [6, 6.07) is 1.75. The molecule has 1 N–H and O–H groups in total. The maximum Gasteiger partial charge on any atom is 0.170 e. The quantitative estimate of drug-likeness (QED) is 0.727. The van der Waals surface area contributed by atoms with E-state index in [1.807, 2.05) is 0 Å². The molecule has 1 aliphatic heterocycles. The second kappa shape index (κ2) is 3.55. The number of nitrogens with one attached hydrogen (secondary N) is 1. The second-order valence-corrected chi connectivity index (χ2v) is 4.09. The molecule has 13 heavy (non-hydrogen) atoms. The lowest BCUT2D eigenvalue weighted by Crippen LogP contribution is -2.12. The first-order valence-electron chi connectivity index (χ1n) is 3.83. The molecular weight excluding hydrogens is 208 g/mol. The highest BCUT2D eigenvalue weighted by atomic mass is 35.5. The zero-order valence-electron chi connectivity index (χ0n) is 6.71. The first-order valence-corrected chi connectivity index (χ1v) is 5.20. The Morgan fingerprint density at radius 2 is 2.54 bits per heavy atom. The zero-order valence-corrected chi connectivity index (χ0v) is 8.28. The molecule has 0 aromatic carbocycles. The van der Waals surface area contributed by atoms with Crippen LogP contribution in [0, 0.1) is 0 Å². The molecule has 0 radical (unpaired) electrons. The fourth-order valence-electron chi connectivity index (χ4n) is 1.14. The van der Waals surface area contributed by atoms with Gasteiger partial charge in [0.15, 0.2) is 6.29 Å². The standard InChI is InChI=1S/C8H7ClN2OS/c9-5-3-6-8(11-7(5)4-12)13-2-1-10-6/h3-4,10H,1-2H2. The largest absolute Gasteiger partial charge is 0.382 e. The fourth-order valence-corrected chi connectivity index (χ4v) is 2.18. The van der Waals surface area contributed by atoms with Crippen LogP contribution >= 0.6 is 23.4 Å². The molecular formula is C8H7ClN2OS. The molecule has 2 rings (SSSR count). The molecule has 0 saturated heterocycles. The summed E-state index contributed by atoms with van der Waals surface area (Å²) in [6.45, 7) is 0.913. The van der Waals surface area contributed by atoms with Gasteiger partial charge in [-0.1, -0.05) is 11.6 Å². The van der Waals surface area contributed by atoms with Gasteiger partial charge < -0.3 is 5.32 Å². The summed E-state index contributed by atoms with van der Waals surface area (Å²) >= 11 is 7.45. The van der Waals surface area contributed by atoms with Crippen molar-refractivity contribution < 1.29 is 4.79 Å². The Kier molecular flexibility index (Phi) is 2.42. The van der Waals surface area contributed by atoms with E-state index in [1.165, 1.54) is 0 Å². The summed E-state index contributed by atoms with van der Waals surface area (Å²) in [7, 11) is 0. The number of carbonyl (C=O) groups is 1. The number of nitrogens with zero attached hydrogens (tertiary/aromatic N) is 1. The summed E-state index contributed by atoms with van der Waals surface area (Å²) in [5.74, 6) is 0.972. The topological polar surface area (TPSA) is 42.0 Å². The number of fused-ring (bicyclic) bond motifs is 1. The van der Waals surface area contributed by atoms with Crippen LogP contribution in [0.3, 0.4) is 0 Å². The Labute approximate surface area is 84.9 Å². The highest BCUT2D eigenvalue weighted by Crippen LogP contribution is 2.31. The lowest BCUT2D eigenvalue weighted by molar-refractivity contribution is 0.111.